The highest BCUT2D eigenvalue weighted by Crippen LogP contribution is 2.37. The van der Waals surface area contributed by atoms with Gasteiger partial charge < -0.3 is 29.2 Å². The lowest BCUT2D eigenvalue weighted by atomic mass is 10.0. The Labute approximate surface area is 300 Å². The number of carbonyl (C=O) groups is 1. The molecule has 3 aromatic rings. The van der Waals surface area contributed by atoms with Crippen LogP contribution in [-0.2, 0) is 17.8 Å². The molecule has 3 aliphatic rings. The Kier molecular flexibility index (Phi) is 14.2. The molecular weight excluding hydrogens is 676 g/mol. The summed E-state index contributed by atoms with van der Waals surface area (Å²) in [7, 11) is 2.10. The Morgan fingerprint density at radius 1 is 1.10 bits per heavy atom. The molecule has 0 aliphatic carbocycles. The molecule has 2 saturated heterocycles. The highest BCUT2D eigenvalue weighted by molar-refractivity contribution is 7.59. The lowest BCUT2D eigenvalue weighted by Crippen LogP contribution is -2.56. The van der Waals surface area contributed by atoms with Crippen LogP contribution in [0.2, 0.25) is 5.02 Å². The van der Waals surface area contributed by atoms with Crippen molar-refractivity contribution in [2.75, 3.05) is 62.7 Å². The maximum absolute atomic E-state index is 12.8. The first kappa shape index (κ1) is 39.1. The summed E-state index contributed by atoms with van der Waals surface area (Å²) in [6.45, 7) is 11.4. The Morgan fingerprint density at radius 2 is 1.88 bits per heavy atom. The molecule has 0 spiro atoms. The predicted octanol–water partition coefficient (Wildman–Crippen LogP) is 5.94. The third kappa shape index (κ3) is 8.45. The molecule has 2 atom stereocenters. The number of ether oxygens (including phenoxy) is 1. The van der Waals surface area contributed by atoms with E-state index in [9.17, 15) is 13.6 Å². The van der Waals surface area contributed by atoms with Gasteiger partial charge in [-0.2, -0.15) is 37.0 Å². The molecule has 9 nitrogen and oxygen atoms in total. The topological polar surface area (TPSA) is 69.4 Å². The minimum absolute atomic E-state index is 0. The molecule has 0 bridgehead atoms. The van der Waals surface area contributed by atoms with Crippen LogP contribution in [0.1, 0.15) is 31.5 Å². The summed E-state index contributed by atoms with van der Waals surface area (Å²) in [5.74, 6) is 0.234. The molecule has 1 aromatic heterocycles. The highest BCUT2D eigenvalue weighted by Gasteiger charge is 2.35. The molecule has 260 valence electrons. The van der Waals surface area contributed by atoms with Crippen molar-refractivity contribution in [3.05, 3.63) is 76.2 Å². The van der Waals surface area contributed by atoms with E-state index in [1.165, 1.54) is 4.90 Å². The number of anilines is 2. The summed E-state index contributed by atoms with van der Waals surface area (Å²) >= 11 is 6.68. The number of aromatic nitrogens is 2. The van der Waals surface area contributed by atoms with E-state index in [0.717, 1.165) is 65.5 Å². The number of amides is 1. The molecule has 2 aromatic carbocycles. The van der Waals surface area contributed by atoms with E-state index < -0.39 is 18.4 Å². The second-order valence-electron chi connectivity index (χ2n) is 11.8. The van der Waals surface area contributed by atoms with Crippen LogP contribution in [0.15, 0.2) is 48.6 Å². The number of carbonyl (C=O) groups excluding carboxylic acids is 1. The van der Waals surface area contributed by atoms with Gasteiger partial charge in [0.15, 0.2) is 0 Å². The normalized spacial score (nSPS) is 19.4. The zero-order chi connectivity index (χ0) is 31.5. The first-order chi connectivity index (χ1) is 21.8. The average molecular weight is 720 g/mol. The summed E-state index contributed by atoms with van der Waals surface area (Å²) < 4.78 is 31.8. The van der Waals surface area contributed by atoms with Crippen LogP contribution in [-0.4, -0.2) is 97.1 Å². The Balaban J connectivity index is 0.00000208. The first-order valence-electron chi connectivity index (χ1n) is 15.3. The summed E-state index contributed by atoms with van der Waals surface area (Å²) in [5, 5.41) is 2.77. The van der Waals surface area contributed by atoms with E-state index in [-0.39, 0.29) is 47.5 Å². The lowest BCUT2D eigenvalue weighted by Gasteiger charge is -2.41. The van der Waals surface area contributed by atoms with Crippen LogP contribution >= 0.6 is 38.6 Å². The van der Waals surface area contributed by atoms with Crippen LogP contribution in [0.25, 0.3) is 15.6 Å². The van der Waals surface area contributed by atoms with Gasteiger partial charge in [0, 0.05) is 54.9 Å². The lowest BCUT2D eigenvalue weighted by molar-refractivity contribution is -0.128. The van der Waals surface area contributed by atoms with Gasteiger partial charge in [-0.1, -0.05) is 43.3 Å². The van der Waals surface area contributed by atoms with Gasteiger partial charge >= 0.3 is 6.01 Å². The quantitative estimate of drug-likeness (QED) is 0.211. The van der Waals surface area contributed by atoms with E-state index in [0.29, 0.717) is 55.8 Å². The number of alkyl halides is 2. The molecule has 0 unspecified atom stereocenters. The molecule has 4 heterocycles. The smallest absolute Gasteiger partial charge is 0.318 e. The number of halogens is 3. The summed E-state index contributed by atoms with van der Waals surface area (Å²) in [6, 6.07) is 12.2. The molecule has 6 rings (SSSR count). The zero-order valence-corrected chi connectivity index (χ0v) is 29.0. The first-order valence-corrected chi connectivity index (χ1v) is 15.7. The molecular formula is C34H44ClF2N7O2S2. The van der Waals surface area contributed by atoms with Crippen molar-refractivity contribution < 1.29 is 18.3 Å². The Hall–Kier alpha value is -3.31. The Morgan fingerprint density at radius 3 is 2.58 bits per heavy atom. The van der Waals surface area contributed by atoms with Crippen LogP contribution in [0.4, 0.5) is 20.3 Å². The van der Waals surface area contributed by atoms with Gasteiger partial charge in [0.05, 0.1) is 17.3 Å². The monoisotopic (exact) mass is 719 g/mol. The largest absolute Gasteiger partial charge is 0.462 e. The number of hydrogen-bond donors (Lipinski definition) is 0. The SMILES string of the molecule is C.S.S.[C-]#[N+]C[C@H]1CN(c2nc(OC[C@@H]3CCCN3C)nc3c2CCN(c2cccc4cccc(Cl)c24)C3)CCN1C(=O)/C=C/C(F)F. The second-order valence-corrected chi connectivity index (χ2v) is 12.2. The fourth-order valence-corrected chi connectivity index (χ4v) is 6.95. The van der Waals surface area contributed by atoms with Crippen molar-refractivity contribution in [1.82, 2.24) is 19.8 Å². The fourth-order valence-electron chi connectivity index (χ4n) is 6.67. The van der Waals surface area contributed by atoms with Gasteiger partial charge in [-0.3, -0.25) is 4.79 Å². The number of hydrogen-bond acceptors (Lipinski definition) is 7. The van der Waals surface area contributed by atoms with Gasteiger partial charge in [-0.15, -0.1) is 0 Å². The zero-order valence-electron chi connectivity index (χ0n) is 26.2. The van der Waals surface area contributed by atoms with Crippen molar-refractivity contribution in [3.63, 3.8) is 0 Å². The van der Waals surface area contributed by atoms with Crippen LogP contribution in [0.5, 0.6) is 6.01 Å². The van der Waals surface area contributed by atoms with E-state index in [2.05, 4.69) is 44.8 Å². The van der Waals surface area contributed by atoms with Crippen molar-refractivity contribution in [2.45, 2.75) is 51.7 Å². The molecule has 1 amide bonds. The van der Waals surface area contributed by atoms with Crippen molar-refractivity contribution in [1.29, 1.82) is 0 Å². The number of rotatable bonds is 8. The number of allylic oxidation sites excluding steroid dienone is 1. The van der Waals surface area contributed by atoms with E-state index in [1.54, 1.807) is 0 Å². The van der Waals surface area contributed by atoms with Crippen molar-refractivity contribution >= 4 is 66.8 Å². The number of benzene rings is 2. The van der Waals surface area contributed by atoms with Crippen LogP contribution in [0, 0.1) is 6.57 Å². The molecule has 0 N–H and O–H groups in total. The summed E-state index contributed by atoms with van der Waals surface area (Å²) in [4.78, 5) is 34.4. The number of likely N-dealkylation sites (N-methyl/N-ethyl adjacent to an activating group) is 1. The highest BCUT2D eigenvalue weighted by atomic mass is 35.5. The number of likely N-dealkylation sites (tertiary alicyclic amines) is 1. The van der Waals surface area contributed by atoms with Gasteiger partial charge in [-0.05, 0) is 56.4 Å². The molecule has 0 saturated carbocycles. The third-order valence-corrected chi connectivity index (χ3v) is 9.34. The third-order valence-electron chi connectivity index (χ3n) is 9.02. The van der Waals surface area contributed by atoms with Crippen molar-refractivity contribution in [2.24, 2.45) is 0 Å². The fraction of sp³-hybridized carbons (Fsp3) is 0.471. The van der Waals surface area contributed by atoms with Crippen LogP contribution < -0.4 is 14.5 Å². The maximum atomic E-state index is 12.8. The maximum Gasteiger partial charge on any atom is 0.318 e. The molecule has 2 fully saturated rings. The standard InChI is InChI=1S/C33H36ClF2N7O2.CH4.2H2S/c1-37-18-24-19-42(16-17-43(24)30(44)12-11-29(35)36)32-25-13-15-41(28-10-4-7-22-6-3-9-26(34)31(22)28)20-27(25)38-33(39-32)45-21-23-8-5-14-40(23)2;;;/h3-4,6-7,9-12,23-24,29H,5,8,13-21H2,2H3;1H4;2*1H2/b12-11+;;;/t23-,24-;;;/m0.../s1. The Bertz CT molecular complexity index is 1640. The summed E-state index contributed by atoms with van der Waals surface area (Å²) in [5.41, 5.74) is 2.92. The van der Waals surface area contributed by atoms with E-state index in [1.807, 2.05) is 18.2 Å². The van der Waals surface area contributed by atoms with Crippen molar-refractivity contribution in [3.8, 4) is 6.01 Å². The molecule has 48 heavy (non-hydrogen) atoms. The number of fused-ring (bicyclic) bond motifs is 2. The molecule has 3 aliphatic heterocycles. The van der Waals surface area contributed by atoms with E-state index >= 15 is 0 Å². The minimum Gasteiger partial charge on any atom is -0.462 e. The average Bonchev–Trinajstić information content (AvgIpc) is 3.46. The molecule has 0 radical (unpaired) electrons. The van der Waals surface area contributed by atoms with Gasteiger partial charge in [0.2, 0.25) is 12.5 Å². The van der Waals surface area contributed by atoms with Gasteiger partial charge in [0.1, 0.15) is 18.5 Å². The molecule has 14 heteroatoms. The minimum atomic E-state index is -2.71. The van der Waals surface area contributed by atoms with Gasteiger partial charge in [-0.25, -0.2) is 15.4 Å². The van der Waals surface area contributed by atoms with Gasteiger partial charge in [0.25, 0.3) is 6.43 Å². The van der Waals surface area contributed by atoms with Crippen LogP contribution in [0.3, 0.4) is 0 Å². The second kappa shape index (κ2) is 17.4. The summed E-state index contributed by atoms with van der Waals surface area (Å²) in [6.07, 6.45) is 1.64. The van der Waals surface area contributed by atoms with E-state index in [4.69, 9.17) is 32.9 Å². The predicted molar refractivity (Wildman–Crippen MR) is 199 cm³/mol. The number of piperazine rings is 1. The number of nitrogens with zero attached hydrogens (tertiary/aromatic N) is 7.